The Balaban J connectivity index is 3.86. The molecule has 0 aliphatic rings. The van der Waals surface area contributed by atoms with E-state index in [1.54, 1.807) is 0 Å². The van der Waals surface area contributed by atoms with Crippen LogP contribution in [-0.2, 0) is 19.1 Å². The molecule has 0 bridgehead atoms. The van der Waals surface area contributed by atoms with Gasteiger partial charge in [-0.15, -0.1) is 0 Å². The molecule has 0 fully saturated rings. The number of carbonyl (C=O) groups is 2. The predicted octanol–water partition coefficient (Wildman–Crippen LogP) is 14.1. The van der Waals surface area contributed by atoms with Crippen molar-refractivity contribution < 1.29 is 19.1 Å². The Morgan fingerprint density at radius 2 is 0.646 bits per heavy atom. The highest BCUT2D eigenvalue weighted by molar-refractivity contribution is 5.91. The second-order valence-electron chi connectivity index (χ2n) is 15.6. The van der Waals surface area contributed by atoms with Crippen molar-refractivity contribution in [3.8, 4) is 0 Å². The Morgan fingerprint density at radius 3 is 0.917 bits per heavy atom. The summed E-state index contributed by atoms with van der Waals surface area (Å²) in [4.78, 5) is 24.1. The van der Waals surface area contributed by atoms with Gasteiger partial charge in [-0.2, -0.15) is 0 Å². The molecule has 0 N–H and O–H groups in total. The van der Waals surface area contributed by atoms with E-state index < -0.39 is 11.9 Å². The minimum Gasteiger partial charge on any atom is -0.463 e. The summed E-state index contributed by atoms with van der Waals surface area (Å²) >= 11 is 0. The fourth-order valence-corrected chi connectivity index (χ4v) is 7.00. The largest absolute Gasteiger partial charge is 0.463 e. The first-order chi connectivity index (χ1) is 23.3. The standard InChI is InChI=1S/C44H84O4/c1-7-9-11-13-15-17-19-21-23-25-31-41(39(3)4)33-27-29-37-47-43(45)35-36-44(46)48-38-30-28-34-42(40(5)6)32-26-24-22-20-18-16-14-12-10-8-2/h35-36,39-42H,7-34,37-38H2,1-6H3/b36-35-. The fourth-order valence-electron chi connectivity index (χ4n) is 7.00. The maximum atomic E-state index is 12.1. The number of esters is 2. The van der Waals surface area contributed by atoms with Gasteiger partial charge < -0.3 is 9.47 Å². The summed E-state index contributed by atoms with van der Waals surface area (Å²) in [6.07, 6.45) is 39.1. The van der Waals surface area contributed by atoms with E-state index in [-0.39, 0.29) is 0 Å². The normalized spacial score (nSPS) is 13.1. The summed E-state index contributed by atoms with van der Waals surface area (Å²) in [6, 6.07) is 0. The third-order valence-corrected chi connectivity index (χ3v) is 10.5. The summed E-state index contributed by atoms with van der Waals surface area (Å²) in [5.74, 6) is 2.00. The van der Waals surface area contributed by atoms with Gasteiger partial charge >= 0.3 is 11.9 Å². The van der Waals surface area contributed by atoms with Gasteiger partial charge in [-0.05, 0) is 49.4 Å². The molecular weight excluding hydrogens is 592 g/mol. The molecule has 0 aliphatic carbocycles. The quantitative estimate of drug-likeness (QED) is 0.0376. The lowest BCUT2D eigenvalue weighted by molar-refractivity contribution is -0.140. The van der Waals surface area contributed by atoms with E-state index in [2.05, 4.69) is 41.5 Å². The lowest BCUT2D eigenvalue weighted by Gasteiger charge is -2.20. The molecule has 0 rings (SSSR count). The van der Waals surface area contributed by atoms with E-state index in [0.717, 1.165) is 37.5 Å². The molecule has 0 aliphatic heterocycles. The number of unbranched alkanes of at least 4 members (excludes halogenated alkanes) is 20. The van der Waals surface area contributed by atoms with Gasteiger partial charge in [-0.1, -0.05) is 196 Å². The lowest BCUT2D eigenvalue weighted by atomic mass is 9.86. The number of carbonyl (C=O) groups excluding carboxylic acids is 2. The third kappa shape index (κ3) is 31.9. The van der Waals surface area contributed by atoms with Crippen LogP contribution >= 0.6 is 0 Å². The van der Waals surface area contributed by atoms with Gasteiger partial charge in [0.2, 0.25) is 0 Å². The molecule has 0 aromatic heterocycles. The fraction of sp³-hybridized carbons (Fsp3) is 0.909. The van der Waals surface area contributed by atoms with Gasteiger partial charge in [0, 0.05) is 12.2 Å². The topological polar surface area (TPSA) is 52.6 Å². The van der Waals surface area contributed by atoms with E-state index in [1.165, 1.54) is 166 Å². The Hall–Kier alpha value is -1.32. The van der Waals surface area contributed by atoms with Crippen molar-refractivity contribution in [1.82, 2.24) is 0 Å². The Bertz CT molecular complexity index is 667. The average molecular weight is 677 g/mol. The van der Waals surface area contributed by atoms with Crippen LogP contribution in [0.15, 0.2) is 12.2 Å². The van der Waals surface area contributed by atoms with Crippen LogP contribution in [0.4, 0.5) is 0 Å². The molecule has 0 aromatic carbocycles. The van der Waals surface area contributed by atoms with Gasteiger partial charge in [0.05, 0.1) is 13.2 Å². The van der Waals surface area contributed by atoms with Crippen LogP contribution in [0.25, 0.3) is 0 Å². The summed E-state index contributed by atoms with van der Waals surface area (Å²) in [5, 5.41) is 0. The molecule has 4 heteroatoms. The number of hydrogen-bond acceptors (Lipinski definition) is 4. The molecule has 0 aromatic rings. The first-order valence-electron chi connectivity index (χ1n) is 21.3. The molecule has 0 radical (unpaired) electrons. The van der Waals surface area contributed by atoms with Crippen molar-refractivity contribution in [2.24, 2.45) is 23.7 Å². The van der Waals surface area contributed by atoms with Gasteiger partial charge in [0.25, 0.3) is 0 Å². The minimum absolute atomic E-state index is 0.414. The van der Waals surface area contributed by atoms with E-state index in [1.807, 2.05) is 0 Å². The van der Waals surface area contributed by atoms with Crippen molar-refractivity contribution >= 4 is 11.9 Å². The zero-order valence-corrected chi connectivity index (χ0v) is 33.3. The van der Waals surface area contributed by atoms with Crippen LogP contribution in [0.3, 0.4) is 0 Å². The monoisotopic (exact) mass is 677 g/mol. The van der Waals surface area contributed by atoms with E-state index in [9.17, 15) is 9.59 Å². The van der Waals surface area contributed by atoms with Crippen LogP contribution in [0, 0.1) is 23.7 Å². The Morgan fingerprint density at radius 1 is 0.396 bits per heavy atom. The lowest BCUT2D eigenvalue weighted by Crippen LogP contribution is -2.10. The summed E-state index contributed by atoms with van der Waals surface area (Å²) in [7, 11) is 0. The molecule has 2 unspecified atom stereocenters. The zero-order valence-electron chi connectivity index (χ0n) is 33.3. The predicted molar refractivity (Wildman–Crippen MR) is 208 cm³/mol. The Labute approximate surface area is 300 Å². The molecule has 2 atom stereocenters. The maximum Gasteiger partial charge on any atom is 0.331 e. The van der Waals surface area contributed by atoms with Crippen LogP contribution in [0.2, 0.25) is 0 Å². The van der Waals surface area contributed by atoms with Crippen molar-refractivity contribution in [2.45, 2.75) is 221 Å². The first-order valence-corrected chi connectivity index (χ1v) is 21.3. The van der Waals surface area contributed by atoms with Crippen molar-refractivity contribution in [3.63, 3.8) is 0 Å². The summed E-state index contributed by atoms with van der Waals surface area (Å²) in [6.45, 7) is 14.8. The SMILES string of the molecule is CCCCCCCCCCCCC(CCCCOC(=O)/C=C\C(=O)OCCCCC(CCCCCCCCCCCC)C(C)C)C(C)C. The van der Waals surface area contributed by atoms with Gasteiger partial charge in [0.15, 0.2) is 0 Å². The molecule has 4 nitrogen and oxygen atoms in total. The Kier molecular flexibility index (Phi) is 34.5. The van der Waals surface area contributed by atoms with E-state index in [4.69, 9.17) is 9.47 Å². The number of ether oxygens (including phenoxy) is 2. The number of rotatable bonds is 36. The van der Waals surface area contributed by atoms with Gasteiger partial charge in [0.1, 0.15) is 0 Å². The average Bonchev–Trinajstić information content (AvgIpc) is 3.06. The van der Waals surface area contributed by atoms with Crippen LogP contribution in [0.1, 0.15) is 221 Å². The third-order valence-electron chi connectivity index (χ3n) is 10.5. The number of hydrogen-bond donors (Lipinski definition) is 0. The highest BCUT2D eigenvalue weighted by Crippen LogP contribution is 2.26. The van der Waals surface area contributed by atoms with Crippen molar-refractivity contribution in [3.05, 3.63) is 12.2 Å². The molecule has 48 heavy (non-hydrogen) atoms. The molecule has 0 spiro atoms. The van der Waals surface area contributed by atoms with Crippen LogP contribution in [-0.4, -0.2) is 25.2 Å². The summed E-state index contributed by atoms with van der Waals surface area (Å²) < 4.78 is 10.7. The summed E-state index contributed by atoms with van der Waals surface area (Å²) in [5.41, 5.74) is 0. The zero-order chi connectivity index (χ0) is 35.5. The molecule has 284 valence electrons. The second-order valence-corrected chi connectivity index (χ2v) is 15.6. The van der Waals surface area contributed by atoms with Crippen molar-refractivity contribution in [1.29, 1.82) is 0 Å². The van der Waals surface area contributed by atoms with Crippen LogP contribution in [0.5, 0.6) is 0 Å². The van der Waals surface area contributed by atoms with E-state index in [0.29, 0.717) is 25.0 Å². The van der Waals surface area contributed by atoms with Gasteiger partial charge in [-0.25, -0.2) is 9.59 Å². The van der Waals surface area contributed by atoms with Gasteiger partial charge in [-0.3, -0.25) is 0 Å². The first kappa shape index (κ1) is 46.7. The maximum absolute atomic E-state index is 12.1. The molecule has 0 amide bonds. The minimum atomic E-state index is -0.454. The molecular formula is C44H84O4. The highest BCUT2D eigenvalue weighted by Gasteiger charge is 2.14. The van der Waals surface area contributed by atoms with Crippen LogP contribution < -0.4 is 0 Å². The smallest absolute Gasteiger partial charge is 0.331 e. The molecule has 0 heterocycles. The molecule has 0 saturated carbocycles. The van der Waals surface area contributed by atoms with E-state index >= 15 is 0 Å². The molecule has 0 saturated heterocycles. The van der Waals surface area contributed by atoms with Crippen molar-refractivity contribution in [2.75, 3.05) is 13.2 Å². The highest BCUT2D eigenvalue weighted by atomic mass is 16.5. The second kappa shape index (κ2) is 35.5.